The van der Waals surface area contributed by atoms with E-state index in [0.717, 1.165) is 5.56 Å². The van der Waals surface area contributed by atoms with E-state index in [-0.39, 0.29) is 30.2 Å². The Hall–Kier alpha value is -3.46. The smallest absolute Gasteiger partial charge is 0.309 e. The minimum atomic E-state index is -0.719. The molecule has 1 aromatic heterocycles. The molecule has 9 nitrogen and oxygen atoms in total. The number of pyridine rings is 1. The molecule has 0 N–H and O–H groups in total. The summed E-state index contributed by atoms with van der Waals surface area (Å²) in [6, 6.07) is 11.2. The lowest BCUT2D eigenvalue weighted by molar-refractivity contribution is -0.155. The third-order valence-corrected chi connectivity index (χ3v) is 4.49. The first kappa shape index (κ1) is 25.8. The fraction of sp³-hybridized carbons (Fsp3) is 0.417. The first-order valence-corrected chi connectivity index (χ1v) is 10.5. The molecule has 0 spiro atoms. The average molecular weight is 459 g/mol. The molecule has 0 bridgehead atoms. The molecule has 33 heavy (non-hydrogen) atoms. The van der Waals surface area contributed by atoms with Crippen LogP contribution in [0.25, 0.3) is 0 Å². The largest absolute Gasteiger partial charge is 0.493 e. The van der Waals surface area contributed by atoms with Gasteiger partial charge < -0.3 is 23.7 Å². The standard InChI is InChI=1S/C24H29NO8/c1-16(24(28)33-17(2)13-30-14-19-8-6-5-7-9-19)12-20(27)22-23(32-15-31-18(3)26)21(29-4)10-11-25-22/h5-11,16-17H,12-15H2,1-4H3/t16-,17+/m1/s1. The van der Waals surface area contributed by atoms with Crippen LogP contribution in [0.2, 0.25) is 0 Å². The van der Waals surface area contributed by atoms with Gasteiger partial charge in [-0.15, -0.1) is 0 Å². The van der Waals surface area contributed by atoms with E-state index in [0.29, 0.717) is 6.61 Å². The second kappa shape index (κ2) is 13.2. The summed E-state index contributed by atoms with van der Waals surface area (Å²) in [6.07, 6.45) is 0.761. The molecule has 0 saturated heterocycles. The quantitative estimate of drug-likeness (QED) is 0.253. The first-order valence-electron chi connectivity index (χ1n) is 10.5. The van der Waals surface area contributed by atoms with Crippen molar-refractivity contribution in [3.8, 4) is 11.5 Å². The summed E-state index contributed by atoms with van der Waals surface area (Å²) in [5.41, 5.74) is 0.993. The molecule has 0 radical (unpaired) electrons. The summed E-state index contributed by atoms with van der Waals surface area (Å²) in [4.78, 5) is 40.3. The summed E-state index contributed by atoms with van der Waals surface area (Å²) >= 11 is 0. The average Bonchev–Trinajstić information content (AvgIpc) is 2.79. The highest BCUT2D eigenvalue weighted by Crippen LogP contribution is 2.31. The van der Waals surface area contributed by atoms with E-state index in [4.69, 9.17) is 23.7 Å². The van der Waals surface area contributed by atoms with Crippen LogP contribution in [0.3, 0.4) is 0 Å². The number of carbonyl (C=O) groups excluding carboxylic acids is 3. The van der Waals surface area contributed by atoms with Crippen LogP contribution in [-0.4, -0.2) is 49.3 Å². The molecule has 2 rings (SSSR count). The Balaban J connectivity index is 1.90. The molecule has 2 atom stereocenters. The van der Waals surface area contributed by atoms with Gasteiger partial charge in [0.05, 0.1) is 26.2 Å². The monoisotopic (exact) mass is 459 g/mol. The van der Waals surface area contributed by atoms with Crippen molar-refractivity contribution in [1.82, 2.24) is 4.98 Å². The predicted molar refractivity (Wildman–Crippen MR) is 118 cm³/mol. The number of benzene rings is 1. The van der Waals surface area contributed by atoms with E-state index in [9.17, 15) is 14.4 Å². The van der Waals surface area contributed by atoms with Gasteiger partial charge in [0.15, 0.2) is 23.0 Å². The van der Waals surface area contributed by atoms with Gasteiger partial charge in [-0.1, -0.05) is 37.3 Å². The fourth-order valence-electron chi connectivity index (χ4n) is 2.82. The van der Waals surface area contributed by atoms with E-state index in [1.165, 1.54) is 26.3 Å². The highest BCUT2D eigenvalue weighted by molar-refractivity contribution is 5.99. The molecule has 0 aliphatic carbocycles. The van der Waals surface area contributed by atoms with Gasteiger partial charge in [-0.3, -0.25) is 14.4 Å². The summed E-state index contributed by atoms with van der Waals surface area (Å²) < 4.78 is 26.4. The van der Waals surface area contributed by atoms with Gasteiger partial charge in [-0.05, 0) is 12.5 Å². The Bertz CT molecular complexity index is 931. The zero-order valence-corrected chi connectivity index (χ0v) is 19.2. The lowest BCUT2D eigenvalue weighted by Gasteiger charge is -2.17. The maximum atomic E-state index is 12.8. The van der Waals surface area contributed by atoms with Crippen LogP contribution >= 0.6 is 0 Å². The van der Waals surface area contributed by atoms with Crippen molar-refractivity contribution in [1.29, 1.82) is 0 Å². The second-order valence-corrected chi connectivity index (χ2v) is 7.37. The number of aromatic nitrogens is 1. The van der Waals surface area contributed by atoms with Crippen LogP contribution in [0, 0.1) is 5.92 Å². The summed E-state index contributed by atoms with van der Waals surface area (Å²) in [5.74, 6) is -1.93. The van der Waals surface area contributed by atoms with Crippen LogP contribution in [0.15, 0.2) is 42.6 Å². The maximum absolute atomic E-state index is 12.8. The molecule has 1 heterocycles. The molecule has 0 saturated carbocycles. The van der Waals surface area contributed by atoms with E-state index in [1.54, 1.807) is 13.8 Å². The molecular weight excluding hydrogens is 430 g/mol. The first-order chi connectivity index (χ1) is 15.8. The number of ether oxygens (including phenoxy) is 5. The zero-order valence-electron chi connectivity index (χ0n) is 19.2. The Morgan fingerprint density at radius 1 is 1.06 bits per heavy atom. The van der Waals surface area contributed by atoms with Gasteiger partial charge in [0.25, 0.3) is 0 Å². The molecule has 0 fully saturated rings. The van der Waals surface area contributed by atoms with Gasteiger partial charge in [-0.2, -0.15) is 0 Å². The van der Waals surface area contributed by atoms with E-state index in [2.05, 4.69) is 4.98 Å². The lowest BCUT2D eigenvalue weighted by atomic mass is 10.0. The topological polar surface area (TPSA) is 110 Å². The number of carbonyl (C=O) groups is 3. The molecule has 1 aromatic carbocycles. The molecule has 0 amide bonds. The van der Waals surface area contributed by atoms with Crippen LogP contribution in [-0.2, 0) is 30.4 Å². The number of esters is 2. The van der Waals surface area contributed by atoms with Crippen LogP contribution in [0.5, 0.6) is 11.5 Å². The van der Waals surface area contributed by atoms with Gasteiger partial charge in [0, 0.05) is 25.6 Å². The van der Waals surface area contributed by atoms with E-state index in [1.807, 2.05) is 30.3 Å². The zero-order chi connectivity index (χ0) is 24.2. The highest BCUT2D eigenvalue weighted by atomic mass is 16.7. The Kier molecular flexibility index (Phi) is 10.3. The summed E-state index contributed by atoms with van der Waals surface area (Å²) in [7, 11) is 1.41. The number of hydrogen-bond acceptors (Lipinski definition) is 9. The summed E-state index contributed by atoms with van der Waals surface area (Å²) in [5, 5.41) is 0. The molecule has 9 heteroatoms. The van der Waals surface area contributed by atoms with E-state index < -0.39 is 36.5 Å². The van der Waals surface area contributed by atoms with Crippen molar-refractivity contribution in [2.45, 2.75) is 39.9 Å². The molecular formula is C24H29NO8. The minimum absolute atomic E-state index is 0.0274. The molecule has 0 aliphatic heterocycles. The summed E-state index contributed by atoms with van der Waals surface area (Å²) in [6.45, 7) is 4.79. The fourth-order valence-corrected chi connectivity index (χ4v) is 2.82. The highest BCUT2D eigenvalue weighted by Gasteiger charge is 2.25. The Morgan fingerprint density at radius 2 is 1.79 bits per heavy atom. The van der Waals surface area contributed by atoms with Crippen molar-refractivity contribution in [2.75, 3.05) is 20.5 Å². The Labute approximate surface area is 193 Å². The molecule has 178 valence electrons. The van der Waals surface area contributed by atoms with Crippen molar-refractivity contribution < 1.29 is 38.1 Å². The SMILES string of the molecule is COc1ccnc(C(=O)C[C@@H](C)C(=O)O[C@@H](C)COCc2ccccc2)c1OCOC(C)=O. The number of rotatable bonds is 13. The molecule has 0 aliphatic rings. The van der Waals surface area contributed by atoms with Crippen LogP contribution in [0.1, 0.15) is 43.2 Å². The number of Topliss-reactive ketones (excluding diaryl/α,β-unsaturated/α-hetero) is 1. The predicted octanol–water partition coefficient (Wildman–Crippen LogP) is 3.35. The van der Waals surface area contributed by atoms with Crippen molar-refractivity contribution >= 4 is 17.7 Å². The Morgan fingerprint density at radius 3 is 2.45 bits per heavy atom. The minimum Gasteiger partial charge on any atom is -0.493 e. The van der Waals surface area contributed by atoms with Gasteiger partial charge in [-0.25, -0.2) is 4.98 Å². The number of hydrogen-bond donors (Lipinski definition) is 0. The van der Waals surface area contributed by atoms with E-state index >= 15 is 0 Å². The number of nitrogens with zero attached hydrogens (tertiary/aromatic N) is 1. The number of methoxy groups -OCH3 is 1. The lowest BCUT2D eigenvalue weighted by Crippen LogP contribution is -2.26. The van der Waals surface area contributed by atoms with Gasteiger partial charge in [0.2, 0.25) is 6.79 Å². The second-order valence-electron chi connectivity index (χ2n) is 7.37. The van der Waals surface area contributed by atoms with Crippen molar-refractivity contribution in [3.63, 3.8) is 0 Å². The van der Waals surface area contributed by atoms with Gasteiger partial charge >= 0.3 is 11.9 Å². The normalized spacial score (nSPS) is 12.4. The van der Waals surface area contributed by atoms with Gasteiger partial charge in [0.1, 0.15) is 6.10 Å². The number of ketones is 1. The van der Waals surface area contributed by atoms with Crippen molar-refractivity contribution in [2.24, 2.45) is 5.92 Å². The van der Waals surface area contributed by atoms with Crippen molar-refractivity contribution in [3.05, 3.63) is 53.9 Å². The third-order valence-electron chi connectivity index (χ3n) is 4.49. The van der Waals surface area contributed by atoms with Crippen LogP contribution < -0.4 is 9.47 Å². The molecule has 2 aromatic rings. The molecule has 0 unspecified atom stereocenters. The maximum Gasteiger partial charge on any atom is 0.309 e. The van der Waals surface area contributed by atoms with Crippen LogP contribution in [0.4, 0.5) is 0 Å². The third kappa shape index (κ3) is 8.53.